The summed E-state index contributed by atoms with van der Waals surface area (Å²) < 4.78 is 13.7. The van der Waals surface area contributed by atoms with E-state index < -0.39 is 0 Å². The Bertz CT molecular complexity index is 532. The highest BCUT2D eigenvalue weighted by Gasteiger charge is 2.18. The van der Waals surface area contributed by atoms with Crippen LogP contribution < -0.4 is 10.2 Å². The number of nitrogens with zero attached hydrogens (tertiary/aromatic N) is 1. The van der Waals surface area contributed by atoms with Crippen LogP contribution in [0.5, 0.6) is 0 Å². The topological polar surface area (TPSA) is 35.5 Å². The molecule has 0 spiro atoms. The molecule has 0 unspecified atom stereocenters. The summed E-state index contributed by atoms with van der Waals surface area (Å²) in [5, 5.41) is 12.7. The van der Waals surface area contributed by atoms with Gasteiger partial charge in [0.2, 0.25) is 0 Å². The summed E-state index contributed by atoms with van der Waals surface area (Å²) in [5.41, 5.74) is 2.07. The van der Waals surface area contributed by atoms with E-state index >= 15 is 0 Å². The predicted octanol–water partition coefficient (Wildman–Crippen LogP) is 3.33. The molecule has 1 aromatic rings. The number of rotatable bonds is 8. The molecule has 23 heavy (non-hydrogen) atoms. The minimum absolute atomic E-state index is 0.192. The number of hydrogen-bond donors (Lipinski definition) is 2. The van der Waals surface area contributed by atoms with Crippen molar-refractivity contribution in [3.8, 4) is 0 Å². The Morgan fingerprint density at radius 3 is 2.83 bits per heavy atom. The average molecular weight is 320 g/mol. The van der Waals surface area contributed by atoms with Gasteiger partial charge < -0.3 is 15.3 Å². The highest BCUT2D eigenvalue weighted by atomic mass is 19.1. The second kappa shape index (κ2) is 8.46. The Hall–Kier alpha value is -1.39. The van der Waals surface area contributed by atoms with E-state index in [1.165, 1.54) is 6.07 Å². The lowest BCUT2D eigenvalue weighted by atomic mass is 10.1. The Morgan fingerprint density at radius 1 is 1.39 bits per heavy atom. The Labute approximate surface area is 139 Å². The van der Waals surface area contributed by atoms with Crippen molar-refractivity contribution in [2.45, 2.75) is 39.3 Å². The van der Waals surface area contributed by atoms with E-state index in [9.17, 15) is 9.50 Å². The molecule has 0 bridgehead atoms. The molecule has 0 saturated carbocycles. The highest BCUT2D eigenvalue weighted by molar-refractivity contribution is 5.53. The molecule has 0 aliphatic heterocycles. The zero-order valence-electron chi connectivity index (χ0n) is 14.4. The summed E-state index contributed by atoms with van der Waals surface area (Å²) >= 11 is 0. The van der Waals surface area contributed by atoms with Gasteiger partial charge in [-0.25, -0.2) is 4.39 Å². The molecular weight excluding hydrogens is 291 g/mol. The van der Waals surface area contributed by atoms with E-state index in [2.05, 4.69) is 43.3 Å². The highest BCUT2D eigenvalue weighted by Crippen LogP contribution is 2.23. The minimum atomic E-state index is -0.197. The smallest absolute Gasteiger partial charge is 0.123 e. The molecule has 0 fully saturated rings. The van der Waals surface area contributed by atoms with Crippen molar-refractivity contribution < 1.29 is 9.50 Å². The van der Waals surface area contributed by atoms with Crippen LogP contribution in [0.15, 0.2) is 30.4 Å². The van der Waals surface area contributed by atoms with Crippen LogP contribution in [0.1, 0.15) is 32.3 Å². The third kappa shape index (κ3) is 5.05. The molecule has 3 atom stereocenters. The second-order valence-corrected chi connectivity index (χ2v) is 6.72. The van der Waals surface area contributed by atoms with Crippen LogP contribution >= 0.6 is 0 Å². The Balaban J connectivity index is 2.02. The molecule has 0 amide bonds. The normalized spacial score (nSPS) is 21.6. The lowest BCUT2D eigenvalue weighted by molar-refractivity contribution is 0.246. The van der Waals surface area contributed by atoms with Gasteiger partial charge in [-0.15, -0.1) is 0 Å². The molecule has 0 aromatic heterocycles. The first-order chi connectivity index (χ1) is 11.0. The third-order valence-corrected chi connectivity index (χ3v) is 4.70. The average Bonchev–Trinajstić information content (AvgIpc) is 3.00. The van der Waals surface area contributed by atoms with E-state index in [1.54, 1.807) is 6.07 Å². The monoisotopic (exact) mass is 320 g/mol. The third-order valence-electron chi connectivity index (χ3n) is 4.70. The second-order valence-electron chi connectivity index (χ2n) is 6.72. The fourth-order valence-electron chi connectivity index (χ4n) is 3.07. The van der Waals surface area contributed by atoms with Crippen molar-refractivity contribution in [2.75, 3.05) is 25.1 Å². The van der Waals surface area contributed by atoms with E-state index in [1.807, 2.05) is 6.07 Å². The quantitative estimate of drug-likeness (QED) is 0.721. The van der Waals surface area contributed by atoms with Gasteiger partial charge >= 0.3 is 0 Å². The van der Waals surface area contributed by atoms with Gasteiger partial charge in [0.15, 0.2) is 0 Å². The molecule has 0 heterocycles. The first-order valence-electron chi connectivity index (χ1n) is 8.55. The summed E-state index contributed by atoms with van der Waals surface area (Å²) in [6, 6.07) is 5.28. The molecule has 128 valence electrons. The number of aliphatic hydroxyl groups excluding tert-OH is 1. The van der Waals surface area contributed by atoms with E-state index in [-0.39, 0.29) is 24.4 Å². The molecule has 4 heteroatoms. The molecule has 2 rings (SSSR count). The van der Waals surface area contributed by atoms with Gasteiger partial charge in [-0.2, -0.15) is 0 Å². The molecular formula is C19H29FN2O. The van der Waals surface area contributed by atoms with Crippen LogP contribution in [0.4, 0.5) is 10.1 Å². The zero-order chi connectivity index (χ0) is 16.8. The first kappa shape index (κ1) is 18.0. The fraction of sp³-hybridized carbons (Fsp3) is 0.579. The van der Waals surface area contributed by atoms with E-state index in [0.717, 1.165) is 30.6 Å². The fourth-order valence-corrected chi connectivity index (χ4v) is 3.07. The number of hydrogen-bond acceptors (Lipinski definition) is 3. The minimum Gasteiger partial charge on any atom is -0.396 e. The molecule has 2 N–H and O–H groups in total. The van der Waals surface area contributed by atoms with Crippen LogP contribution in [0.25, 0.3) is 0 Å². The molecule has 0 saturated heterocycles. The maximum Gasteiger partial charge on any atom is 0.123 e. The van der Waals surface area contributed by atoms with Crippen molar-refractivity contribution in [1.29, 1.82) is 0 Å². The van der Waals surface area contributed by atoms with E-state index in [0.29, 0.717) is 12.5 Å². The summed E-state index contributed by atoms with van der Waals surface area (Å²) in [6.45, 7) is 6.21. The largest absolute Gasteiger partial charge is 0.396 e. The molecule has 1 aliphatic carbocycles. The number of aliphatic hydroxyl groups is 1. The van der Waals surface area contributed by atoms with Crippen LogP contribution in [-0.4, -0.2) is 31.3 Å². The maximum absolute atomic E-state index is 13.7. The number of benzene rings is 1. The Morgan fingerprint density at radius 2 is 2.17 bits per heavy atom. The number of anilines is 1. The molecule has 1 aliphatic rings. The van der Waals surface area contributed by atoms with Crippen molar-refractivity contribution in [1.82, 2.24) is 5.32 Å². The molecule has 0 radical (unpaired) electrons. The molecule has 1 aromatic carbocycles. The maximum atomic E-state index is 13.7. The van der Waals surface area contributed by atoms with Gasteiger partial charge in [0.25, 0.3) is 0 Å². The SMILES string of the molecule is CC[C@@H](C)CN(C)c1ccc(F)cc1CN[C@@H]1C=C[C@H](CO)C1. The summed E-state index contributed by atoms with van der Waals surface area (Å²) in [7, 11) is 2.07. The number of halogens is 1. The van der Waals surface area contributed by atoms with Gasteiger partial charge in [0, 0.05) is 44.4 Å². The molecule has 3 nitrogen and oxygen atoms in total. The predicted molar refractivity (Wildman–Crippen MR) is 94.1 cm³/mol. The van der Waals surface area contributed by atoms with Crippen LogP contribution in [0.2, 0.25) is 0 Å². The van der Waals surface area contributed by atoms with Crippen LogP contribution in [0, 0.1) is 17.7 Å². The van der Waals surface area contributed by atoms with Crippen molar-refractivity contribution in [3.05, 3.63) is 41.7 Å². The standard InChI is InChI=1S/C19H29FN2O/c1-4-14(2)12-22(3)19-8-6-17(20)10-16(19)11-21-18-7-5-15(9-18)13-23/h5-8,10,14-15,18,21,23H,4,9,11-13H2,1-3H3/t14-,15+,18-/m1/s1. The Kier molecular flexibility index (Phi) is 6.60. The van der Waals surface area contributed by atoms with Gasteiger partial charge in [-0.3, -0.25) is 0 Å². The van der Waals surface area contributed by atoms with Gasteiger partial charge in [-0.1, -0.05) is 32.4 Å². The summed E-state index contributed by atoms with van der Waals surface area (Å²) in [5.74, 6) is 0.652. The van der Waals surface area contributed by atoms with Gasteiger partial charge in [0.1, 0.15) is 5.82 Å². The van der Waals surface area contributed by atoms with Gasteiger partial charge in [-0.05, 0) is 36.1 Å². The van der Waals surface area contributed by atoms with Crippen LogP contribution in [0.3, 0.4) is 0 Å². The number of nitrogens with one attached hydrogen (secondary N) is 1. The lowest BCUT2D eigenvalue weighted by Crippen LogP contribution is -2.29. The summed E-state index contributed by atoms with van der Waals surface area (Å²) in [6.07, 6.45) is 6.19. The van der Waals surface area contributed by atoms with Gasteiger partial charge in [0.05, 0.1) is 0 Å². The van der Waals surface area contributed by atoms with Crippen molar-refractivity contribution in [3.63, 3.8) is 0 Å². The summed E-state index contributed by atoms with van der Waals surface area (Å²) in [4.78, 5) is 2.21. The van der Waals surface area contributed by atoms with Crippen LogP contribution in [-0.2, 0) is 6.54 Å². The van der Waals surface area contributed by atoms with E-state index in [4.69, 9.17) is 0 Å². The lowest BCUT2D eigenvalue weighted by Gasteiger charge is -2.26. The van der Waals surface area contributed by atoms with Crippen molar-refractivity contribution in [2.24, 2.45) is 11.8 Å². The zero-order valence-corrected chi connectivity index (χ0v) is 14.4. The first-order valence-corrected chi connectivity index (χ1v) is 8.55. The van der Waals surface area contributed by atoms with Crippen molar-refractivity contribution >= 4 is 5.69 Å².